The van der Waals surface area contributed by atoms with E-state index in [1.807, 2.05) is 0 Å². The number of oxime groups is 1. The van der Waals surface area contributed by atoms with Crippen molar-refractivity contribution in [3.8, 4) is 0 Å². The van der Waals surface area contributed by atoms with Gasteiger partial charge in [-0.3, -0.25) is 0 Å². The fourth-order valence-corrected chi connectivity index (χ4v) is 0.0802. The molecule has 0 aliphatic heterocycles. The molecule has 0 bridgehead atoms. The van der Waals surface area contributed by atoms with Gasteiger partial charge < -0.3 is 0 Å². The third kappa shape index (κ3) is 4.81. The molecule has 0 radical (unpaired) electrons. The van der Waals surface area contributed by atoms with Crippen molar-refractivity contribution in [1.29, 1.82) is 0 Å². The summed E-state index contributed by atoms with van der Waals surface area (Å²) in [4.78, 5) is 3.97. The van der Waals surface area contributed by atoms with Gasteiger partial charge in [-0.05, 0) is 0 Å². The summed E-state index contributed by atoms with van der Waals surface area (Å²) in [5.41, 5.74) is 0. The Labute approximate surface area is 41.1 Å². The summed E-state index contributed by atoms with van der Waals surface area (Å²) in [6.07, 6.45) is 1.23. The van der Waals surface area contributed by atoms with Crippen LogP contribution >= 0.6 is 0 Å². The number of rotatable bonds is 3. The van der Waals surface area contributed by atoms with Gasteiger partial charge in [0.1, 0.15) is 0 Å². The maximum atomic E-state index is 3.97. The predicted molar refractivity (Wildman–Crippen MR) is 25.7 cm³/mol. The molecule has 4 heteroatoms. The minimum absolute atomic E-state index is 1.23. The van der Waals surface area contributed by atoms with Crippen LogP contribution in [0.5, 0.6) is 0 Å². The smallest absolute Gasteiger partial charge is 0.0582 e. The van der Waals surface area contributed by atoms with Crippen LogP contribution in [0.25, 0.3) is 0 Å². The highest BCUT2D eigenvalue weighted by atomic mass is 16.8. The Bertz CT molecular complexity index is 88.2. The van der Waals surface area contributed by atoms with E-state index in [9.17, 15) is 0 Å². The fraction of sp³-hybridized carbons (Fsp3) is 0. The van der Waals surface area contributed by atoms with E-state index < -0.39 is 0 Å². The first-order valence-electron chi connectivity index (χ1n) is 1.55. The third-order valence-corrected chi connectivity index (χ3v) is 0.223. The van der Waals surface area contributed by atoms with Gasteiger partial charge in [0.2, 0.25) is 0 Å². The zero-order chi connectivity index (χ0) is 5.54. The summed E-state index contributed by atoms with van der Waals surface area (Å²) < 4.78 is 0. The highest BCUT2D eigenvalue weighted by molar-refractivity contribution is 5.21. The molecule has 38 valence electrons. The first-order chi connectivity index (χ1) is 3.41. The SMILES string of the molecule is C=CN=NON=C. The lowest BCUT2D eigenvalue weighted by Gasteiger charge is -1.74. The van der Waals surface area contributed by atoms with Crippen molar-refractivity contribution in [2.75, 3.05) is 0 Å². The molecule has 0 aromatic heterocycles. The molecule has 0 atom stereocenters. The largest absolute Gasteiger partial charge is 0.225 e. The molecular formula is C3H5N3O. The Morgan fingerprint density at radius 2 is 2.29 bits per heavy atom. The van der Waals surface area contributed by atoms with Crippen LogP contribution in [0.15, 0.2) is 28.3 Å². The van der Waals surface area contributed by atoms with Gasteiger partial charge in [0.15, 0.2) is 0 Å². The summed E-state index contributed by atoms with van der Waals surface area (Å²) in [5, 5.41) is 9.10. The molecule has 0 spiro atoms. The van der Waals surface area contributed by atoms with E-state index in [4.69, 9.17) is 0 Å². The highest BCUT2D eigenvalue weighted by Crippen LogP contribution is 1.76. The second-order valence-electron chi connectivity index (χ2n) is 0.590. The Balaban J connectivity index is 3.08. The number of hydrogen-bond donors (Lipinski definition) is 0. The Kier molecular flexibility index (Phi) is 3.99. The first kappa shape index (κ1) is 5.81. The summed E-state index contributed by atoms with van der Waals surface area (Å²) in [7, 11) is 0. The van der Waals surface area contributed by atoms with E-state index in [1.54, 1.807) is 0 Å². The average Bonchev–Trinajstić information content (AvgIpc) is 1.69. The van der Waals surface area contributed by atoms with Crippen LogP contribution in [-0.4, -0.2) is 6.72 Å². The van der Waals surface area contributed by atoms with Gasteiger partial charge in [-0.25, -0.2) is 4.94 Å². The summed E-state index contributed by atoms with van der Waals surface area (Å²) in [5.74, 6) is 0. The topological polar surface area (TPSA) is 46.3 Å². The Morgan fingerprint density at radius 1 is 1.57 bits per heavy atom. The van der Waals surface area contributed by atoms with Crippen molar-refractivity contribution >= 4 is 6.72 Å². The molecule has 0 unspecified atom stereocenters. The zero-order valence-corrected chi connectivity index (χ0v) is 3.74. The van der Waals surface area contributed by atoms with Crippen LogP contribution in [0.4, 0.5) is 0 Å². The summed E-state index contributed by atoms with van der Waals surface area (Å²) in [6, 6.07) is 0. The third-order valence-electron chi connectivity index (χ3n) is 0.223. The van der Waals surface area contributed by atoms with Crippen molar-refractivity contribution in [3.63, 3.8) is 0 Å². The average molecular weight is 99.1 g/mol. The molecule has 0 aliphatic rings. The second-order valence-corrected chi connectivity index (χ2v) is 0.590. The molecule has 0 fully saturated rings. The normalized spacial score (nSPS) is 8.57. The van der Waals surface area contributed by atoms with Crippen molar-refractivity contribution < 1.29 is 4.94 Å². The van der Waals surface area contributed by atoms with Gasteiger partial charge in [-0.1, -0.05) is 11.7 Å². The van der Waals surface area contributed by atoms with E-state index in [-0.39, 0.29) is 0 Å². The van der Waals surface area contributed by atoms with Crippen LogP contribution in [0, 0.1) is 0 Å². The van der Waals surface area contributed by atoms with E-state index >= 15 is 0 Å². The van der Waals surface area contributed by atoms with Gasteiger partial charge in [0, 0.05) is 12.9 Å². The van der Waals surface area contributed by atoms with E-state index in [0.717, 1.165) is 0 Å². The molecule has 0 N–H and O–H groups in total. The van der Waals surface area contributed by atoms with Gasteiger partial charge in [-0.2, -0.15) is 0 Å². The Hall–Kier alpha value is -1.19. The summed E-state index contributed by atoms with van der Waals surface area (Å²) in [6.45, 7) is 6.20. The lowest BCUT2D eigenvalue weighted by molar-refractivity contribution is 0.138. The molecule has 0 rings (SSSR count). The number of hydrogen-bond acceptors (Lipinski definition) is 4. The van der Waals surface area contributed by atoms with E-state index in [1.165, 1.54) is 6.20 Å². The van der Waals surface area contributed by atoms with Crippen molar-refractivity contribution in [1.82, 2.24) is 0 Å². The first-order valence-corrected chi connectivity index (χ1v) is 1.55. The molecule has 0 aliphatic carbocycles. The maximum Gasteiger partial charge on any atom is 0.0582 e. The number of nitrogens with zero attached hydrogens (tertiary/aromatic N) is 3. The van der Waals surface area contributed by atoms with Crippen molar-refractivity contribution in [2.45, 2.75) is 0 Å². The van der Waals surface area contributed by atoms with Crippen molar-refractivity contribution in [3.05, 3.63) is 12.8 Å². The van der Waals surface area contributed by atoms with Crippen molar-refractivity contribution in [2.24, 2.45) is 15.5 Å². The minimum atomic E-state index is 1.23. The fourth-order valence-electron chi connectivity index (χ4n) is 0.0802. The van der Waals surface area contributed by atoms with Crippen LogP contribution in [-0.2, 0) is 4.94 Å². The zero-order valence-electron chi connectivity index (χ0n) is 3.74. The van der Waals surface area contributed by atoms with E-state index in [0.29, 0.717) is 0 Å². The van der Waals surface area contributed by atoms with Crippen LogP contribution in [0.1, 0.15) is 0 Å². The molecule has 0 aromatic carbocycles. The predicted octanol–water partition coefficient (Wildman–Crippen LogP) is 1.13. The lowest BCUT2D eigenvalue weighted by Crippen LogP contribution is -1.57. The van der Waals surface area contributed by atoms with Gasteiger partial charge in [0.05, 0.1) is 5.28 Å². The van der Waals surface area contributed by atoms with Gasteiger partial charge in [-0.15, -0.1) is 5.11 Å². The van der Waals surface area contributed by atoms with Gasteiger partial charge in [0.25, 0.3) is 0 Å². The lowest BCUT2D eigenvalue weighted by atomic mass is 11.1. The van der Waals surface area contributed by atoms with Crippen LogP contribution < -0.4 is 0 Å². The molecule has 4 nitrogen and oxygen atoms in total. The molecule has 0 aromatic rings. The minimum Gasteiger partial charge on any atom is -0.225 e. The molecule has 0 saturated carbocycles. The standard InChI is InChI=1S/C3H5N3O/c1-3-5-6-7-4-2/h3H,1-2H2. The molecule has 0 amide bonds. The second kappa shape index (κ2) is 4.81. The highest BCUT2D eigenvalue weighted by Gasteiger charge is 1.58. The van der Waals surface area contributed by atoms with Crippen LogP contribution in [0.2, 0.25) is 0 Å². The van der Waals surface area contributed by atoms with Crippen LogP contribution in [0.3, 0.4) is 0 Å². The summed E-state index contributed by atoms with van der Waals surface area (Å²) >= 11 is 0. The monoisotopic (exact) mass is 99.0 g/mol. The molecule has 0 saturated heterocycles. The molecule has 7 heavy (non-hydrogen) atoms. The quantitative estimate of drug-likeness (QED) is 0.297. The maximum absolute atomic E-state index is 3.97. The van der Waals surface area contributed by atoms with E-state index in [2.05, 4.69) is 33.8 Å². The van der Waals surface area contributed by atoms with Gasteiger partial charge >= 0.3 is 0 Å². The molecular weight excluding hydrogens is 94.1 g/mol. The molecule has 0 heterocycles. The Morgan fingerprint density at radius 3 is 2.71 bits per heavy atom.